The molecule has 0 spiro atoms. The number of aliphatic imine (C=N–C) groups is 3. The Kier molecular flexibility index (Phi) is 9.57. The Hall–Kier alpha value is -8.94. The van der Waals surface area contributed by atoms with E-state index in [1.54, 1.807) is 0 Å². The van der Waals surface area contributed by atoms with Gasteiger partial charge in [-0.25, -0.2) is 9.98 Å². The molecule has 0 amide bonds. The van der Waals surface area contributed by atoms with Gasteiger partial charge in [-0.2, -0.15) is 4.99 Å². The molecule has 0 aliphatic rings. The maximum Gasteiger partial charge on any atom is 0.236 e. The summed E-state index contributed by atoms with van der Waals surface area (Å²) in [6.07, 6.45) is 0. The van der Waals surface area contributed by atoms with E-state index >= 15 is 0 Å². The Morgan fingerprint density at radius 2 is 1.03 bits per heavy atom. The SMILES string of the molecule is C=N/C(=N\C(=N/Cc1ccccc1)c1ccc(-c2ccccc2)cc1)n1c2ccccc2c2ccc3c4ccccc4n(-c4ccc(-c5ccc(-c6nc7ccccc7o6)cc5)cc4)c3c21. The van der Waals surface area contributed by atoms with Gasteiger partial charge >= 0.3 is 0 Å². The minimum absolute atomic E-state index is 0.432. The zero-order chi connectivity index (χ0) is 44.0. The summed E-state index contributed by atoms with van der Waals surface area (Å²) in [4.78, 5) is 19.9. The smallest absolute Gasteiger partial charge is 0.236 e. The average Bonchev–Trinajstić information content (AvgIpc) is 4.08. The van der Waals surface area contributed by atoms with Gasteiger partial charge in [-0.15, -0.1) is 0 Å². The van der Waals surface area contributed by atoms with E-state index in [4.69, 9.17) is 24.4 Å². The predicted molar refractivity (Wildman–Crippen MR) is 273 cm³/mol. The van der Waals surface area contributed by atoms with Gasteiger partial charge in [-0.1, -0.05) is 170 Å². The Morgan fingerprint density at radius 3 is 1.73 bits per heavy atom. The molecule has 12 aromatic rings. The van der Waals surface area contributed by atoms with Crippen LogP contribution in [0.25, 0.3) is 94.1 Å². The zero-order valence-electron chi connectivity index (χ0n) is 35.8. The molecule has 12 rings (SSSR count). The Bertz CT molecular complexity index is 3790. The Balaban J connectivity index is 1.01. The van der Waals surface area contributed by atoms with Crippen molar-refractivity contribution >= 4 is 73.2 Å². The molecule has 3 aromatic heterocycles. The number of rotatable bonds is 7. The van der Waals surface area contributed by atoms with E-state index in [1.165, 1.54) is 0 Å². The van der Waals surface area contributed by atoms with E-state index in [-0.39, 0.29) is 0 Å². The number of oxazole rings is 1. The molecule has 3 heterocycles. The molecule has 0 unspecified atom stereocenters. The molecule has 0 saturated heterocycles. The Morgan fingerprint density at radius 1 is 0.485 bits per heavy atom. The van der Waals surface area contributed by atoms with Gasteiger partial charge in [0.25, 0.3) is 0 Å². The van der Waals surface area contributed by atoms with Crippen molar-refractivity contribution in [1.82, 2.24) is 14.1 Å². The highest BCUT2D eigenvalue weighted by Gasteiger charge is 2.23. The van der Waals surface area contributed by atoms with E-state index in [2.05, 4.69) is 186 Å². The average molecular weight is 849 g/mol. The van der Waals surface area contributed by atoms with Crippen LogP contribution in [0.2, 0.25) is 0 Å². The third-order valence-electron chi connectivity index (χ3n) is 12.4. The quantitative estimate of drug-likeness (QED) is 0.118. The molecule has 0 aliphatic carbocycles. The number of hydrogen-bond acceptors (Lipinski definition) is 3. The summed E-state index contributed by atoms with van der Waals surface area (Å²) in [6, 6.07) is 75.7. The third kappa shape index (κ3) is 6.78. The molecule has 7 heteroatoms. The molecule has 0 atom stereocenters. The first-order chi connectivity index (χ1) is 32.7. The van der Waals surface area contributed by atoms with E-state index in [0.29, 0.717) is 24.2 Å². The van der Waals surface area contributed by atoms with Crippen LogP contribution in [0, 0.1) is 0 Å². The molecule has 0 radical (unpaired) electrons. The topological polar surface area (TPSA) is 73.0 Å². The third-order valence-corrected chi connectivity index (χ3v) is 12.4. The van der Waals surface area contributed by atoms with Crippen molar-refractivity contribution in [3.05, 3.63) is 230 Å². The van der Waals surface area contributed by atoms with Crippen LogP contribution in [0.5, 0.6) is 0 Å². The van der Waals surface area contributed by atoms with Crippen molar-refractivity contribution in [2.45, 2.75) is 6.54 Å². The second-order valence-electron chi connectivity index (χ2n) is 16.3. The first-order valence-electron chi connectivity index (χ1n) is 22.0. The van der Waals surface area contributed by atoms with Crippen LogP contribution in [0.1, 0.15) is 11.1 Å². The number of amidine groups is 1. The highest BCUT2D eigenvalue weighted by Crippen LogP contribution is 2.41. The van der Waals surface area contributed by atoms with Crippen molar-refractivity contribution in [3.8, 4) is 39.4 Å². The molecule has 9 aromatic carbocycles. The van der Waals surface area contributed by atoms with E-state index in [0.717, 1.165) is 99.3 Å². The fourth-order valence-corrected chi connectivity index (χ4v) is 9.21. The molecule has 0 saturated carbocycles. The standard InChI is InChI=1S/C59H40N6O/c1-60-59(63-57(61-38-39-14-4-2-5-15-39)44-28-24-41(25-29-44)40-16-6-3-7-17-40)65-53-22-12-9-19-48(53)50-37-36-49-47-18-8-11-21-52(47)64(55(49)56(50)65)46-34-32-43(33-35-46)42-26-30-45(31-27-42)58-62-51-20-10-13-23-54(51)66-58/h2-37H,1,38H2/b61-57-,63-59+. The summed E-state index contributed by atoms with van der Waals surface area (Å²) < 4.78 is 10.6. The number of benzene rings is 9. The lowest BCUT2D eigenvalue weighted by molar-refractivity contribution is 0.620. The van der Waals surface area contributed by atoms with Crippen LogP contribution in [0.4, 0.5) is 0 Å². The molecule has 7 nitrogen and oxygen atoms in total. The van der Waals surface area contributed by atoms with Gasteiger partial charge in [0.2, 0.25) is 11.9 Å². The van der Waals surface area contributed by atoms with Gasteiger partial charge in [0, 0.05) is 38.4 Å². The summed E-state index contributed by atoms with van der Waals surface area (Å²) in [7, 11) is 0. The zero-order valence-corrected chi connectivity index (χ0v) is 35.8. The minimum atomic E-state index is 0.432. The lowest BCUT2D eigenvalue weighted by Gasteiger charge is -2.13. The van der Waals surface area contributed by atoms with E-state index < -0.39 is 0 Å². The number of fused-ring (bicyclic) bond motifs is 8. The normalized spacial score (nSPS) is 12.2. The first kappa shape index (κ1) is 38.7. The summed E-state index contributed by atoms with van der Waals surface area (Å²) >= 11 is 0. The van der Waals surface area contributed by atoms with Gasteiger partial charge in [0.1, 0.15) is 5.52 Å². The van der Waals surface area contributed by atoms with Crippen LogP contribution in [0.15, 0.2) is 238 Å². The minimum Gasteiger partial charge on any atom is -0.436 e. The number of para-hydroxylation sites is 4. The molecule has 0 fully saturated rings. The van der Waals surface area contributed by atoms with Crippen molar-refractivity contribution < 1.29 is 4.42 Å². The molecular formula is C59H40N6O. The second-order valence-corrected chi connectivity index (χ2v) is 16.3. The summed E-state index contributed by atoms with van der Waals surface area (Å²) in [5.41, 5.74) is 14.1. The van der Waals surface area contributed by atoms with Crippen LogP contribution < -0.4 is 0 Å². The largest absolute Gasteiger partial charge is 0.436 e. The van der Waals surface area contributed by atoms with E-state index in [1.807, 2.05) is 48.5 Å². The summed E-state index contributed by atoms with van der Waals surface area (Å²) in [5, 5.41) is 4.45. The molecule has 0 N–H and O–H groups in total. The molecule has 312 valence electrons. The lowest BCUT2D eigenvalue weighted by Crippen LogP contribution is -2.13. The fourth-order valence-electron chi connectivity index (χ4n) is 9.21. The van der Waals surface area contributed by atoms with Gasteiger partial charge < -0.3 is 8.98 Å². The second kappa shape index (κ2) is 16.3. The maximum absolute atomic E-state index is 6.05. The van der Waals surface area contributed by atoms with Crippen molar-refractivity contribution in [2.75, 3.05) is 0 Å². The number of nitrogens with zero attached hydrogens (tertiary/aromatic N) is 6. The predicted octanol–water partition coefficient (Wildman–Crippen LogP) is 14.6. The van der Waals surface area contributed by atoms with Crippen LogP contribution in [-0.4, -0.2) is 32.6 Å². The summed E-state index contributed by atoms with van der Waals surface area (Å²) in [6.45, 7) is 4.60. The number of hydrogen-bond donors (Lipinski definition) is 0. The van der Waals surface area contributed by atoms with E-state index in [9.17, 15) is 0 Å². The van der Waals surface area contributed by atoms with Crippen molar-refractivity contribution in [2.24, 2.45) is 15.0 Å². The molecule has 0 bridgehead atoms. The number of aromatic nitrogens is 3. The highest BCUT2D eigenvalue weighted by molar-refractivity contribution is 6.26. The molecule has 0 aliphatic heterocycles. The van der Waals surface area contributed by atoms with Crippen LogP contribution in [-0.2, 0) is 6.54 Å². The highest BCUT2D eigenvalue weighted by atomic mass is 16.3. The van der Waals surface area contributed by atoms with Crippen LogP contribution >= 0.6 is 0 Å². The van der Waals surface area contributed by atoms with Gasteiger partial charge in [0.15, 0.2) is 11.4 Å². The Labute approximate surface area is 380 Å². The fraction of sp³-hybridized carbons (Fsp3) is 0.0169. The van der Waals surface area contributed by atoms with Crippen molar-refractivity contribution in [3.63, 3.8) is 0 Å². The van der Waals surface area contributed by atoms with Crippen molar-refractivity contribution in [1.29, 1.82) is 0 Å². The lowest BCUT2D eigenvalue weighted by atomic mass is 10.0. The first-order valence-corrected chi connectivity index (χ1v) is 22.0. The van der Waals surface area contributed by atoms with Gasteiger partial charge in [0.05, 0.1) is 28.6 Å². The monoisotopic (exact) mass is 848 g/mol. The van der Waals surface area contributed by atoms with Gasteiger partial charge in [-0.3, -0.25) is 9.56 Å². The maximum atomic E-state index is 6.05. The molecular weight excluding hydrogens is 809 g/mol. The molecule has 66 heavy (non-hydrogen) atoms. The summed E-state index contributed by atoms with van der Waals surface area (Å²) in [5.74, 6) is 1.61. The van der Waals surface area contributed by atoms with Gasteiger partial charge in [-0.05, 0) is 83.1 Å². The van der Waals surface area contributed by atoms with Crippen LogP contribution in [0.3, 0.4) is 0 Å².